The van der Waals surface area contributed by atoms with Crippen molar-refractivity contribution >= 4 is 11.8 Å². The molecule has 1 aromatic carbocycles. The van der Waals surface area contributed by atoms with Crippen molar-refractivity contribution in [1.29, 1.82) is 0 Å². The number of aromatic amines is 1. The molecule has 40 heavy (non-hydrogen) atoms. The molecule has 226 valence electrons. The van der Waals surface area contributed by atoms with Crippen LogP contribution in [-0.4, -0.2) is 45.8 Å². The zero-order valence-corrected chi connectivity index (χ0v) is 24.6. The van der Waals surface area contributed by atoms with Gasteiger partial charge in [-0.3, -0.25) is 9.59 Å². The summed E-state index contributed by atoms with van der Waals surface area (Å²) in [4.78, 5) is 35.0. The maximum Gasteiger partial charge on any atom is 0.243 e. The molecule has 0 unspecified atom stereocenters. The Labute approximate surface area is 241 Å². The number of rotatable bonds is 11. The van der Waals surface area contributed by atoms with Gasteiger partial charge in [0.15, 0.2) is 0 Å². The van der Waals surface area contributed by atoms with Gasteiger partial charge in [0.1, 0.15) is 23.5 Å². The van der Waals surface area contributed by atoms with Crippen molar-refractivity contribution in [2.24, 2.45) is 5.92 Å². The molecular formula is C31H51F2N5O2. The van der Waals surface area contributed by atoms with Crippen molar-refractivity contribution in [2.75, 3.05) is 13.1 Å². The lowest BCUT2D eigenvalue weighted by Gasteiger charge is -2.28. The van der Waals surface area contributed by atoms with Gasteiger partial charge in [-0.1, -0.05) is 47.1 Å². The van der Waals surface area contributed by atoms with E-state index in [2.05, 4.69) is 45.2 Å². The minimum absolute atomic E-state index is 0. The summed E-state index contributed by atoms with van der Waals surface area (Å²) in [7, 11) is 0. The molecule has 1 saturated heterocycles. The van der Waals surface area contributed by atoms with Gasteiger partial charge in [0, 0.05) is 46.1 Å². The molecule has 9 heteroatoms. The van der Waals surface area contributed by atoms with E-state index in [0.29, 0.717) is 30.3 Å². The van der Waals surface area contributed by atoms with E-state index < -0.39 is 17.7 Å². The lowest BCUT2D eigenvalue weighted by molar-refractivity contribution is -0.129. The van der Waals surface area contributed by atoms with Crippen molar-refractivity contribution in [1.82, 2.24) is 25.5 Å². The summed E-state index contributed by atoms with van der Waals surface area (Å²) in [6.45, 7) is 20.2. The second-order valence-electron chi connectivity index (χ2n) is 9.81. The molecule has 1 fully saturated rings. The lowest BCUT2D eigenvalue weighted by Crippen LogP contribution is -2.47. The van der Waals surface area contributed by atoms with E-state index in [1.54, 1.807) is 0 Å². The predicted molar refractivity (Wildman–Crippen MR) is 162 cm³/mol. The highest BCUT2D eigenvalue weighted by Crippen LogP contribution is 2.22. The number of hydrogen-bond donors (Lipinski definition) is 3. The zero-order valence-electron chi connectivity index (χ0n) is 24.6. The average molecular weight is 564 g/mol. The van der Waals surface area contributed by atoms with Crippen molar-refractivity contribution in [3.63, 3.8) is 0 Å². The van der Waals surface area contributed by atoms with Gasteiger partial charge in [-0.25, -0.2) is 13.8 Å². The maximum atomic E-state index is 14.1. The summed E-state index contributed by atoms with van der Waals surface area (Å²) < 4.78 is 27.3. The summed E-state index contributed by atoms with van der Waals surface area (Å²) in [6.07, 6.45) is 7.40. The Hall–Kier alpha value is -3.49. The molecule has 0 aliphatic carbocycles. The van der Waals surface area contributed by atoms with Gasteiger partial charge in [0.25, 0.3) is 0 Å². The van der Waals surface area contributed by atoms with E-state index in [1.165, 1.54) is 31.2 Å². The van der Waals surface area contributed by atoms with E-state index in [0.717, 1.165) is 44.1 Å². The predicted octanol–water partition coefficient (Wildman–Crippen LogP) is 6.99. The van der Waals surface area contributed by atoms with Crippen LogP contribution in [0.15, 0.2) is 49.8 Å². The fourth-order valence-corrected chi connectivity index (χ4v) is 4.24. The molecule has 1 aromatic heterocycles. The Morgan fingerprint density at radius 1 is 1.12 bits per heavy atom. The third kappa shape index (κ3) is 11.7. The van der Waals surface area contributed by atoms with E-state index in [1.807, 2.05) is 27.7 Å². The first kappa shape index (κ1) is 34.5. The van der Waals surface area contributed by atoms with Crippen LogP contribution in [0.4, 0.5) is 8.78 Å². The summed E-state index contributed by atoms with van der Waals surface area (Å²) in [5, 5.41) is 5.70. The number of benzene rings is 1. The topological polar surface area (TPSA) is 90.1 Å². The van der Waals surface area contributed by atoms with E-state index in [9.17, 15) is 18.4 Å². The molecule has 1 atom stereocenters. The quantitative estimate of drug-likeness (QED) is 0.257. The van der Waals surface area contributed by atoms with Crippen LogP contribution in [0, 0.1) is 17.6 Å². The van der Waals surface area contributed by atoms with Crippen LogP contribution < -0.4 is 10.6 Å². The van der Waals surface area contributed by atoms with Crippen LogP contribution in [0.5, 0.6) is 0 Å². The Morgan fingerprint density at radius 3 is 2.38 bits per heavy atom. The van der Waals surface area contributed by atoms with Crippen LogP contribution >= 0.6 is 0 Å². The first-order chi connectivity index (χ1) is 19.2. The molecule has 1 aliphatic rings. The van der Waals surface area contributed by atoms with Gasteiger partial charge in [0.2, 0.25) is 11.8 Å². The third-order valence-electron chi connectivity index (χ3n) is 6.37. The van der Waals surface area contributed by atoms with Crippen LogP contribution in [0.1, 0.15) is 81.3 Å². The number of nitrogens with zero attached hydrogens (tertiary/aromatic N) is 2. The minimum atomic E-state index is -0.760. The standard InChI is InChI=1S/C27H37F2N5O2.C2H6.C2H4.2H2/c1-18(2)8-11-26(35)33-23(14-19(3)34-12-6-4-5-7-13-34)27(36)31-17-25-30-16-24(32-25)21-10-9-20(28)15-22(21)29;2*1-2;;/h9-10,15-16,18,23H,3-8,11-14,17H2,1-2H3,(H,30,32)(H,31,36)(H,33,35);1-2H3;1-2H2;2*1H/t23-;;;;/m0..../s1. The molecule has 0 saturated carbocycles. The van der Waals surface area contributed by atoms with Gasteiger partial charge in [-0.2, -0.15) is 0 Å². The maximum absolute atomic E-state index is 14.1. The number of halogens is 2. The van der Waals surface area contributed by atoms with Crippen LogP contribution in [-0.2, 0) is 16.1 Å². The molecule has 0 radical (unpaired) electrons. The first-order valence-corrected chi connectivity index (χ1v) is 14.2. The summed E-state index contributed by atoms with van der Waals surface area (Å²) in [5.74, 6) is -1.07. The van der Waals surface area contributed by atoms with Gasteiger partial charge < -0.3 is 20.5 Å². The average Bonchev–Trinajstić information content (AvgIpc) is 3.24. The molecule has 0 bridgehead atoms. The summed E-state index contributed by atoms with van der Waals surface area (Å²) >= 11 is 0. The number of nitrogens with one attached hydrogen (secondary N) is 3. The van der Waals surface area contributed by atoms with Crippen LogP contribution in [0.2, 0.25) is 0 Å². The Balaban J connectivity index is 0. The number of carbonyl (C=O) groups is 2. The van der Waals surface area contributed by atoms with Gasteiger partial charge in [0.05, 0.1) is 18.4 Å². The van der Waals surface area contributed by atoms with Crippen molar-refractivity contribution < 1.29 is 21.2 Å². The molecule has 2 amide bonds. The number of carbonyl (C=O) groups excluding carboxylic acids is 2. The van der Waals surface area contributed by atoms with E-state index in [4.69, 9.17) is 0 Å². The smallest absolute Gasteiger partial charge is 0.243 e. The molecule has 3 N–H and O–H groups in total. The first-order valence-electron chi connectivity index (χ1n) is 14.2. The second-order valence-corrected chi connectivity index (χ2v) is 9.81. The number of hydrogen-bond acceptors (Lipinski definition) is 4. The minimum Gasteiger partial charge on any atom is -0.375 e. The highest BCUT2D eigenvalue weighted by Gasteiger charge is 2.24. The second kappa shape index (κ2) is 18.7. The van der Waals surface area contributed by atoms with Gasteiger partial charge in [-0.05, 0) is 37.3 Å². The molecule has 2 heterocycles. The SMILES string of the molecule is C=C.C=C(C[C@H](NC(=O)CCC(C)C)C(=O)NCc1ncc(-c2ccc(F)cc2F)[nH]1)N1CCCCCC1.CC.[HH].[HH]. The summed E-state index contributed by atoms with van der Waals surface area (Å²) in [6, 6.07) is 2.55. The number of aromatic nitrogens is 2. The van der Waals surface area contributed by atoms with Crippen molar-refractivity contribution in [3.8, 4) is 11.3 Å². The molecule has 0 spiro atoms. The Kier molecular flexibility index (Phi) is 16.2. The molecular weight excluding hydrogens is 512 g/mol. The van der Waals surface area contributed by atoms with Gasteiger partial charge in [-0.15, -0.1) is 13.2 Å². The molecule has 1 aliphatic heterocycles. The number of H-pyrrole nitrogens is 1. The summed E-state index contributed by atoms with van der Waals surface area (Å²) in [5.41, 5.74) is 1.41. The number of likely N-dealkylation sites (tertiary alicyclic amines) is 1. The fraction of sp³-hybridized carbons (Fsp3) is 0.516. The lowest BCUT2D eigenvalue weighted by atomic mass is 10.1. The molecule has 7 nitrogen and oxygen atoms in total. The Bertz CT molecular complexity index is 1070. The van der Waals surface area contributed by atoms with E-state index in [-0.39, 0.29) is 26.8 Å². The molecule has 2 aromatic rings. The van der Waals surface area contributed by atoms with Crippen molar-refractivity contribution in [3.05, 3.63) is 67.3 Å². The molecule has 3 rings (SSSR count). The van der Waals surface area contributed by atoms with Crippen LogP contribution in [0.25, 0.3) is 11.3 Å². The fourth-order valence-electron chi connectivity index (χ4n) is 4.24. The number of amides is 2. The monoisotopic (exact) mass is 563 g/mol. The van der Waals surface area contributed by atoms with E-state index >= 15 is 0 Å². The number of imidazole rings is 1. The Morgan fingerprint density at radius 2 is 1.77 bits per heavy atom. The van der Waals surface area contributed by atoms with Gasteiger partial charge >= 0.3 is 0 Å². The van der Waals surface area contributed by atoms with Crippen molar-refractivity contribution in [2.45, 2.75) is 85.2 Å². The highest BCUT2D eigenvalue weighted by atomic mass is 19.1. The van der Waals surface area contributed by atoms with Crippen LogP contribution in [0.3, 0.4) is 0 Å². The highest BCUT2D eigenvalue weighted by molar-refractivity contribution is 5.87. The normalized spacial score (nSPS) is 13.6. The largest absolute Gasteiger partial charge is 0.375 e. The zero-order chi connectivity index (χ0) is 30.1. The third-order valence-corrected chi connectivity index (χ3v) is 6.37.